The minimum absolute atomic E-state index is 0.0384. The monoisotopic (exact) mass is 615 g/mol. The summed E-state index contributed by atoms with van der Waals surface area (Å²) in [6.07, 6.45) is 9.22. The number of benzene rings is 1. The lowest BCUT2D eigenvalue weighted by Crippen LogP contribution is -2.34. The summed E-state index contributed by atoms with van der Waals surface area (Å²) in [5.74, 6) is -1.98. The molecule has 2 N–H and O–H groups in total. The Morgan fingerprint density at radius 1 is 1.07 bits per heavy atom. The van der Waals surface area contributed by atoms with Gasteiger partial charge >= 0.3 is 23.9 Å². The Bertz CT molecular complexity index is 1260. The molecule has 240 valence electrons. The number of carbonyl (C=O) groups is 4. The molecule has 0 bridgehead atoms. The number of nitrogens with zero attached hydrogens (tertiary/aromatic N) is 1. The lowest BCUT2D eigenvalue weighted by molar-refractivity contribution is -0.145. The van der Waals surface area contributed by atoms with Gasteiger partial charge in [0.25, 0.3) is 0 Å². The van der Waals surface area contributed by atoms with Gasteiger partial charge in [-0.3, -0.25) is 4.79 Å². The summed E-state index contributed by atoms with van der Waals surface area (Å²) in [6, 6.07) is 5.44. The quantitative estimate of drug-likeness (QED) is 0.171. The molecule has 44 heavy (non-hydrogen) atoms. The van der Waals surface area contributed by atoms with Gasteiger partial charge in [0, 0.05) is 30.7 Å². The van der Waals surface area contributed by atoms with Gasteiger partial charge in [0.15, 0.2) is 0 Å². The van der Waals surface area contributed by atoms with Crippen LogP contribution >= 0.6 is 0 Å². The third kappa shape index (κ3) is 9.42. The van der Waals surface area contributed by atoms with Gasteiger partial charge in [0.2, 0.25) is 0 Å². The molecule has 0 saturated carbocycles. The molecular weight excluding hydrogens is 574 g/mol. The molecule has 0 radical (unpaired) electrons. The van der Waals surface area contributed by atoms with Crippen molar-refractivity contribution in [3.05, 3.63) is 53.6 Å². The van der Waals surface area contributed by atoms with Crippen molar-refractivity contribution in [1.82, 2.24) is 4.90 Å². The van der Waals surface area contributed by atoms with E-state index in [0.717, 1.165) is 31.3 Å². The molecule has 2 fully saturated rings. The zero-order valence-electron chi connectivity index (χ0n) is 25.7. The van der Waals surface area contributed by atoms with E-state index in [2.05, 4.69) is 13.0 Å². The largest absolute Gasteiger partial charge is 0.496 e. The molecule has 2 aliphatic heterocycles. The summed E-state index contributed by atoms with van der Waals surface area (Å²) in [5.41, 5.74) is 1.45. The first-order valence-corrected chi connectivity index (χ1v) is 14.3. The minimum atomic E-state index is -1.26. The molecule has 0 unspecified atom stereocenters. The van der Waals surface area contributed by atoms with E-state index in [0.29, 0.717) is 35.8 Å². The maximum Gasteiger partial charge on any atom is 0.331 e. The molecule has 0 spiro atoms. The fraction of sp³-hybridized carbons (Fsp3) is 0.500. The molecule has 4 rings (SSSR count). The molecular formula is C32H41NO11. The number of hydrogen-bond acceptors (Lipinski definition) is 10. The van der Waals surface area contributed by atoms with E-state index in [9.17, 15) is 19.2 Å². The number of carbonyl (C=O) groups excluding carboxylic acids is 2. The Balaban J connectivity index is 0.000000583. The second-order valence-electron chi connectivity index (χ2n) is 11.3. The second-order valence-corrected chi connectivity index (χ2v) is 11.3. The van der Waals surface area contributed by atoms with Crippen molar-refractivity contribution < 1.29 is 53.1 Å². The lowest BCUT2D eigenvalue weighted by Gasteiger charge is -2.24. The van der Waals surface area contributed by atoms with Crippen molar-refractivity contribution >= 4 is 30.0 Å². The second kappa shape index (κ2) is 15.5. The molecule has 1 aromatic rings. The first-order chi connectivity index (χ1) is 20.9. The number of fused-ring (bicyclic) bond motifs is 3. The summed E-state index contributed by atoms with van der Waals surface area (Å²) in [4.78, 5) is 46.4. The third-order valence-corrected chi connectivity index (χ3v) is 7.79. The predicted octanol–water partition coefficient (Wildman–Crippen LogP) is 3.35. The highest BCUT2D eigenvalue weighted by Crippen LogP contribution is 2.50. The number of ether oxygens (including phenoxy) is 5. The number of allylic oxidation sites excluding steroid dienone is 1. The van der Waals surface area contributed by atoms with E-state index in [1.54, 1.807) is 32.4 Å². The number of aliphatic carboxylic acids is 2. The zero-order chi connectivity index (χ0) is 32.4. The fourth-order valence-corrected chi connectivity index (χ4v) is 5.54. The highest BCUT2D eigenvalue weighted by Gasteiger charge is 2.62. The normalized spacial score (nSPS) is 27.2. The van der Waals surface area contributed by atoms with E-state index < -0.39 is 17.9 Å². The molecule has 1 aliphatic carbocycles. The first kappa shape index (κ1) is 34.3. The minimum Gasteiger partial charge on any atom is -0.496 e. The van der Waals surface area contributed by atoms with Gasteiger partial charge in [-0.2, -0.15) is 0 Å². The topological polar surface area (TPSA) is 161 Å². The predicted molar refractivity (Wildman–Crippen MR) is 159 cm³/mol. The molecule has 0 amide bonds. The number of rotatable bonds is 10. The summed E-state index contributed by atoms with van der Waals surface area (Å²) in [7, 11) is 7.08. The number of epoxide rings is 1. The molecule has 5 atom stereocenters. The van der Waals surface area contributed by atoms with Crippen LogP contribution in [0.4, 0.5) is 0 Å². The molecule has 2 saturated heterocycles. The van der Waals surface area contributed by atoms with Gasteiger partial charge < -0.3 is 38.8 Å². The Morgan fingerprint density at radius 3 is 2.27 bits per heavy atom. The SMILES string of the molecule is COc1cccc(OC)c1/C=C/C(=O)OC/C1=C/CC[C@@]2(C)O[C@H]2[C@H]2OC(=O)[C@@H](CN(C)C)[C@@H]2CC1.O=C(O)/C=C/C(=O)O. The van der Waals surface area contributed by atoms with Crippen molar-refractivity contribution in [2.75, 3.05) is 41.5 Å². The Kier molecular flexibility index (Phi) is 12.1. The zero-order valence-corrected chi connectivity index (χ0v) is 25.7. The molecule has 1 aromatic carbocycles. The number of esters is 2. The van der Waals surface area contributed by atoms with E-state index in [1.165, 1.54) is 6.08 Å². The number of carboxylic acids is 2. The van der Waals surface area contributed by atoms with Crippen LogP contribution in [0.1, 0.15) is 38.2 Å². The molecule has 12 heteroatoms. The van der Waals surface area contributed by atoms with Crippen LogP contribution in [0, 0.1) is 11.8 Å². The van der Waals surface area contributed by atoms with Crippen LogP contribution in [0.15, 0.2) is 48.1 Å². The fourth-order valence-electron chi connectivity index (χ4n) is 5.54. The Labute approximate surface area is 256 Å². The Morgan fingerprint density at radius 2 is 1.70 bits per heavy atom. The number of methoxy groups -OCH3 is 2. The maximum atomic E-state index is 12.7. The first-order valence-electron chi connectivity index (χ1n) is 14.3. The van der Waals surface area contributed by atoms with Crippen LogP contribution in [0.3, 0.4) is 0 Å². The third-order valence-electron chi connectivity index (χ3n) is 7.79. The van der Waals surface area contributed by atoms with Crippen molar-refractivity contribution in [2.24, 2.45) is 11.8 Å². The van der Waals surface area contributed by atoms with Crippen LogP contribution in [-0.4, -0.2) is 98.3 Å². The van der Waals surface area contributed by atoms with Crippen LogP contribution in [-0.2, 0) is 33.4 Å². The van der Waals surface area contributed by atoms with Crippen LogP contribution < -0.4 is 9.47 Å². The van der Waals surface area contributed by atoms with E-state index in [4.69, 9.17) is 33.9 Å². The highest BCUT2D eigenvalue weighted by atomic mass is 16.6. The Hall–Kier alpha value is -4.16. The van der Waals surface area contributed by atoms with Crippen LogP contribution in [0.2, 0.25) is 0 Å². The standard InChI is InChI=1S/C28H37NO7.C4H4O4/c1-28-15-7-8-18(11-12-19-21(16-29(2)3)27(31)35-25(19)26(28)36-28)17-34-24(30)14-13-20-22(32-4)9-6-10-23(20)33-5;5-3(6)1-2-4(7)8/h6,8-10,13-14,19,21,25-26H,7,11-12,15-17H2,1-5H3;1-2H,(H,5,6)(H,7,8)/b14-13+,18-8+;2-1+/t19-,21-,25-,26-,28+;/m0./s1. The van der Waals surface area contributed by atoms with Crippen LogP contribution in [0.25, 0.3) is 6.08 Å². The van der Waals surface area contributed by atoms with E-state index in [1.807, 2.05) is 25.1 Å². The van der Waals surface area contributed by atoms with E-state index >= 15 is 0 Å². The van der Waals surface area contributed by atoms with Gasteiger partial charge in [0.05, 0.1) is 31.3 Å². The van der Waals surface area contributed by atoms with Crippen molar-refractivity contribution in [1.29, 1.82) is 0 Å². The molecule has 2 heterocycles. The van der Waals surface area contributed by atoms with Crippen molar-refractivity contribution in [3.8, 4) is 11.5 Å². The highest BCUT2D eigenvalue weighted by molar-refractivity contribution is 5.89. The maximum absolute atomic E-state index is 12.7. The van der Waals surface area contributed by atoms with Gasteiger partial charge in [0.1, 0.15) is 30.3 Å². The number of carboxylic acid groups (broad SMARTS) is 2. The van der Waals surface area contributed by atoms with E-state index in [-0.39, 0.29) is 42.2 Å². The van der Waals surface area contributed by atoms with Gasteiger partial charge in [-0.25, -0.2) is 14.4 Å². The van der Waals surface area contributed by atoms with Crippen LogP contribution in [0.5, 0.6) is 11.5 Å². The summed E-state index contributed by atoms with van der Waals surface area (Å²) in [5, 5.41) is 15.6. The molecule has 0 aromatic heterocycles. The molecule has 3 aliphatic rings. The van der Waals surface area contributed by atoms with Gasteiger partial charge in [-0.15, -0.1) is 0 Å². The van der Waals surface area contributed by atoms with Crippen molar-refractivity contribution in [3.63, 3.8) is 0 Å². The average Bonchev–Trinajstić information content (AvgIpc) is 3.56. The smallest absolute Gasteiger partial charge is 0.331 e. The summed E-state index contributed by atoms with van der Waals surface area (Å²) in [6.45, 7) is 2.94. The van der Waals surface area contributed by atoms with Gasteiger partial charge in [-0.05, 0) is 70.5 Å². The summed E-state index contributed by atoms with van der Waals surface area (Å²) < 4.78 is 28.3. The van der Waals surface area contributed by atoms with Gasteiger partial charge in [-0.1, -0.05) is 12.1 Å². The summed E-state index contributed by atoms with van der Waals surface area (Å²) >= 11 is 0. The van der Waals surface area contributed by atoms with Crippen molar-refractivity contribution in [2.45, 2.75) is 50.4 Å². The lowest BCUT2D eigenvalue weighted by atomic mass is 9.80. The average molecular weight is 616 g/mol. The molecule has 12 nitrogen and oxygen atoms in total. The number of hydrogen-bond donors (Lipinski definition) is 2.